The second-order valence-electron chi connectivity index (χ2n) is 6.71. The number of hydrogen-bond donors (Lipinski definition) is 0. The first-order valence-electron chi connectivity index (χ1n) is 9.14. The fraction of sp³-hybridized carbons (Fsp3) is 0.842. The van der Waals surface area contributed by atoms with Crippen LogP contribution in [-0.4, -0.2) is 5.16 Å². The number of unbranched alkanes of at least 4 members (excludes halogenated alkanes) is 6. The zero-order valence-electron chi connectivity index (χ0n) is 14.7. The van der Waals surface area contributed by atoms with Crippen molar-refractivity contribution >= 4 is 0 Å². The second-order valence-corrected chi connectivity index (χ2v) is 6.71. The first-order chi connectivity index (χ1) is 10.2. The van der Waals surface area contributed by atoms with E-state index in [9.17, 15) is 0 Å². The van der Waals surface area contributed by atoms with E-state index in [4.69, 9.17) is 4.52 Å². The predicted molar refractivity (Wildman–Crippen MR) is 90.9 cm³/mol. The lowest BCUT2D eigenvalue weighted by molar-refractivity contribution is 0.407. The minimum absolute atomic E-state index is 0.465. The van der Waals surface area contributed by atoms with Gasteiger partial charge in [0.25, 0.3) is 0 Å². The van der Waals surface area contributed by atoms with Gasteiger partial charge < -0.3 is 4.52 Å². The molecular formula is C19H35NO. The zero-order valence-corrected chi connectivity index (χ0v) is 14.7. The number of aromatic nitrogens is 1. The third-order valence-electron chi connectivity index (χ3n) is 4.43. The van der Waals surface area contributed by atoms with E-state index in [1.165, 1.54) is 75.5 Å². The van der Waals surface area contributed by atoms with Gasteiger partial charge in [-0.15, -0.1) is 0 Å². The van der Waals surface area contributed by atoms with Gasteiger partial charge in [-0.25, -0.2) is 0 Å². The topological polar surface area (TPSA) is 26.0 Å². The standard InChI is InChI=1S/C19H35NO/c1-5-7-9-11-13-17(14-12-10-8-6-2)18-15-21-20-19(18)16(3)4/h15-17H,5-14H2,1-4H3. The molecule has 0 unspecified atom stereocenters. The molecule has 0 N–H and O–H groups in total. The van der Waals surface area contributed by atoms with Crippen LogP contribution in [0.5, 0.6) is 0 Å². The molecule has 0 saturated heterocycles. The Morgan fingerprint density at radius 2 is 1.48 bits per heavy atom. The van der Waals surface area contributed by atoms with Crippen LogP contribution in [0.4, 0.5) is 0 Å². The lowest BCUT2D eigenvalue weighted by atomic mass is 9.86. The van der Waals surface area contributed by atoms with Crippen LogP contribution in [0.1, 0.15) is 115 Å². The molecule has 0 amide bonds. The SMILES string of the molecule is CCCCCCC(CCCCCC)c1conc1C(C)C. The monoisotopic (exact) mass is 293 g/mol. The maximum atomic E-state index is 5.29. The van der Waals surface area contributed by atoms with Crippen molar-refractivity contribution in [3.05, 3.63) is 17.5 Å². The minimum Gasteiger partial charge on any atom is -0.364 e. The first-order valence-corrected chi connectivity index (χ1v) is 9.14. The summed E-state index contributed by atoms with van der Waals surface area (Å²) in [4.78, 5) is 0. The molecule has 1 aromatic rings. The van der Waals surface area contributed by atoms with Crippen LogP contribution < -0.4 is 0 Å². The number of nitrogens with zero attached hydrogens (tertiary/aromatic N) is 1. The Hall–Kier alpha value is -0.790. The highest BCUT2D eigenvalue weighted by Crippen LogP contribution is 2.33. The molecule has 2 nitrogen and oxygen atoms in total. The van der Waals surface area contributed by atoms with E-state index in [-0.39, 0.29) is 0 Å². The molecule has 1 rings (SSSR count). The van der Waals surface area contributed by atoms with Gasteiger partial charge in [0.15, 0.2) is 0 Å². The molecule has 2 heteroatoms. The summed E-state index contributed by atoms with van der Waals surface area (Å²) in [7, 11) is 0. The van der Waals surface area contributed by atoms with Crippen molar-refractivity contribution in [1.29, 1.82) is 0 Å². The highest BCUT2D eigenvalue weighted by atomic mass is 16.5. The van der Waals surface area contributed by atoms with Crippen molar-refractivity contribution in [3.8, 4) is 0 Å². The molecule has 0 atom stereocenters. The van der Waals surface area contributed by atoms with Crippen LogP contribution in [0.3, 0.4) is 0 Å². The van der Waals surface area contributed by atoms with Crippen LogP contribution in [0, 0.1) is 0 Å². The fourth-order valence-electron chi connectivity index (χ4n) is 3.09. The smallest absolute Gasteiger partial charge is 0.127 e. The largest absolute Gasteiger partial charge is 0.364 e. The summed E-state index contributed by atoms with van der Waals surface area (Å²) in [5, 5.41) is 4.25. The van der Waals surface area contributed by atoms with E-state index < -0.39 is 0 Å². The van der Waals surface area contributed by atoms with E-state index >= 15 is 0 Å². The lowest BCUT2D eigenvalue weighted by Crippen LogP contribution is -2.03. The van der Waals surface area contributed by atoms with Gasteiger partial charge in [-0.05, 0) is 24.7 Å². The molecule has 0 aliphatic rings. The van der Waals surface area contributed by atoms with Gasteiger partial charge in [-0.3, -0.25) is 0 Å². The Morgan fingerprint density at radius 3 is 1.95 bits per heavy atom. The summed E-state index contributed by atoms with van der Waals surface area (Å²) in [5.41, 5.74) is 2.57. The summed E-state index contributed by atoms with van der Waals surface area (Å²) in [5.74, 6) is 1.12. The second kappa shape index (κ2) is 10.9. The van der Waals surface area contributed by atoms with E-state index in [2.05, 4.69) is 32.9 Å². The van der Waals surface area contributed by atoms with Crippen LogP contribution in [0.25, 0.3) is 0 Å². The number of hydrogen-bond acceptors (Lipinski definition) is 2. The van der Waals surface area contributed by atoms with Crippen molar-refractivity contribution < 1.29 is 4.52 Å². The van der Waals surface area contributed by atoms with E-state index in [1.54, 1.807) is 0 Å². The molecule has 0 aromatic carbocycles. The molecule has 0 bridgehead atoms. The van der Waals surface area contributed by atoms with Crippen LogP contribution in [-0.2, 0) is 0 Å². The highest BCUT2D eigenvalue weighted by molar-refractivity contribution is 5.22. The number of rotatable bonds is 12. The molecule has 0 aliphatic carbocycles. The van der Waals surface area contributed by atoms with Gasteiger partial charge in [0.05, 0.1) is 5.69 Å². The van der Waals surface area contributed by atoms with Gasteiger partial charge in [0, 0.05) is 5.56 Å². The predicted octanol–water partition coefficient (Wildman–Crippen LogP) is 6.82. The van der Waals surface area contributed by atoms with Gasteiger partial charge in [0.1, 0.15) is 6.26 Å². The van der Waals surface area contributed by atoms with Crippen molar-refractivity contribution in [3.63, 3.8) is 0 Å². The quantitative estimate of drug-likeness (QED) is 0.395. The fourth-order valence-corrected chi connectivity index (χ4v) is 3.09. The Balaban J connectivity index is 2.59. The van der Waals surface area contributed by atoms with Gasteiger partial charge in [0.2, 0.25) is 0 Å². The van der Waals surface area contributed by atoms with Crippen LogP contribution in [0.15, 0.2) is 10.8 Å². The molecule has 0 saturated carbocycles. The van der Waals surface area contributed by atoms with Gasteiger partial charge in [-0.1, -0.05) is 84.2 Å². The van der Waals surface area contributed by atoms with Crippen molar-refractivity contribution in [1.82, 2.24) is 5.16 Å². The zero-order chi connectivity index (χ0) is 15.5. The highest BCUT2D eigenvalue weighted by Gasteiger charge is 2.20. The summed E-state index contributed by atoms with van der Waals surface area (Å²) in [6.07, 6.45) is 15.3. The van der Waals surface area contributed by atoms with Gasteiger partial charge in [-0.2, -0.15) is 0 Å². The summed E-state index contributed by atoms with van der Waals surface area (Å²) < 4.78 is 5.29. The molecule has 1 heterocycles. The first kappa shape index (κ1) is 18.3. The molecular weight excluding hydrogens is 258 g/mol. The Morgan fingerprint density at radius 1 is 0.905 bits per heavy atom. The molecule has 21 heavy (non-hydrogen) atoms. The lowest BCUT2D eigenvalue weighted by Gasteiger charge is -2.17. The maximum Gasteiger partial charge on any atom is 0.127 e. The average Bonchev–Trinajstić information content (AvgIpc) is 2.95. The molecule has 1 aromatic heterocycles. The van der Waals surface area contributed by atoms with E-state index in [0.29, 0.717) is 11.8 Å². The van der Waals surface area contributed by atoms with Gasteiger partial charge >= 0.3 is 0 Å². The molecule has 122 valence electrons. The molecule has 0 spiro atoms. The third-order valence-corrected chi connectivity index (χ3v) is 4.43. The normalized spacial score (nSPS) is 11.7. The minimum atomic E-state index is 0.465. The summed E-state index contributed by atoms with van der Waals surface area (Å²) in [6, 6.07) is 0. The molecule has 0 aliphatic heterocycles. The van der Waals surface area contributed by atoms with Crippen LogP contribution in [0.2, 0.25) is 0 Å². The Kier molecular flexibility index (Phi) is 9.45. The van der Waals surface area contributed by atoms with Crippen molar-refractivity contribution in [2.24, 2.45) is 0 Å². The van der Waals surface area contributed by atoms with Crippen molar-refractivity contribution in [2.45, 2.75) is 104 Å². The van der Waals surface area contributed by atoms with E-state index in [0.717, 1.165) is 0 Å². The van der Waals surface area contributed by atoms with E-state index in [1.807, 2.05) is 6.26 Å². The Labute approximate surface area is 131 Å². The molecule has 0 radical (unpaired) electrons. The van der Waals surface area contributed by atoms with Crippen LogP contribution >= 0.6 is 0 Å². The summed E-state index contributed by atoms with van der Waals surface area (Å²) in [6.45, 7) is 8.98. The third kappa shape index (κ3) is 6.67. The Bertz CT molecular complexity index is 344. The molecule has 0 fully saturated rings. The average molecular weight is 293 g/mol. The maximum absolute atomic E-state index is 5.29. The summed E-state index contributed by atoms with van der Waals surface area (Å²) >= 11 is 0. The van der Waals surface area contributed by atoms with Crippen molar-refractivity contribution in [2.75, 3.05) is 0 Å².